The summed E-state index contributed by atoms with van der Waals surface area (Å²) in [7, 11) is 0. The third-order valence-electron chi connectivity index (χ3n) is 5.61. The summed E-state index contributed by atoms with van der Waals surface area (Å²) >= 11 is 0. The fraction of sp³-hybridized carbons (Fsp3) is 0.300. The number of rotatable bonds is 3. The summed E-state index contributed by atoms with van der Waals surface area (Å²) in [6.45, 7) is 0. The number of nitro groups is 1. The van der Waals surface area contributed by atoms with Gasteiger partial charge < -0.3 is 10.8 Å². The van der Waals surface area contributed by atoms with Crippen molar-refractivity contribution in [1.82, 2.24) is 0 Å². The molecule has 0 fully saturated rings. The van der Waals surface area contributed by atoms with Crippen molar-refractivity contribution in [2.45, 2.75) is 25.2 Å². The topological polar surface area (TPSA) is 178 Å². The molecule has 0 saturated heterocycles. The predicted molar refractivity (Wildman–Crippen MR) is 98.7 cm³/mol. The van der Waals surface area contributed by atoms with Gasteiger partial charge in [-0.3, -0.25) is 10.1 Å². The summed E-state index contributed by atoms with van der Waals surface area (Å²) in [6.07, 6.45) is 3.74. The Morgan fingerprint density at radius 1 is 1.31 bits per heavy atom. The number of carbonyl (C=O) groups is 1. The SMILES string of the molecule is N#CC1=C(N)C(C#N)(C#N)C(c2ccc(C(=O)O)cc2[N+](=O)[O-])C2CCCC=C12. The van der Waals surface area contributed by atoms with E-state index in [1.54, 1.807) is 0 Å². The highest BCUT2D eigenvalue weighted by Crippen LogP contribution is 2.57. The van der Waals surface area contributed by atoms with Crippen molar-refractivity contribution in [2.75, 3.05) is 0 Å². The molecule has 0 radical (unpaired) electrons. The lowest BCUT2D eigenvalue weighted by Gasteiger charge is -2.43. The van der Waals surface area contributed by atoms with Crippen LogP contribution in [0.4, 0.5) is 5.69 Å². The van der Waals surface area contributed by atoms with Gasteiger partial charge in [0, 0.05) is 17.5 Å². The van der Waals surface area contributed by atoms with Crippen LogP contribution in [0.3, 0.4) is 0 Å². The number of allylic oxidation sites excluding steroid dienone is 4. The summed E-state index contributed by atoms with van der Waals surface area (Å²) in [4.78, 5) is 22.3. The number of nitrogens with zero attached hydrogens (tertiary/aromatic N) is 4. The molecule has 2 aliphatic rings. The number of nitriles is 3. The van der Waals surface area contributed by atoms with E-state index in [9.17, 15) is 35.8 Å². The van der Waals surface area contributed by atoms with E-state index in [-0.39, 0.29) is 22.4 Å². The third-order valence-corrected chi connectivity index (χ3v) is 5.61. The molecule has 0 spiro atoms. The van der Waals surface area contributed by atoms with Crippen LogP contribution in [0, 0.1) is 55.4 Å². The Kier molecular flexibility index (Phi) is 4.80. The Morgan fingerprint density at radius 2 is 2.00 bits per heavy atom. The van der Waals surface area contributed by atoms with E-state index in [0.717, 1.165) is 12.5 Å². The first kappa shape index (κ1) is 19.6. The second-order valence-corrected chi connectivity index (χ2v) is 6.94. The lowest BCUT2D eigenvalue weighted by atomic mass is 9.56. The van der Waals surface area contributed by atoms with Crippen LogP contribution >= 0.6 is 0 Å². The molecule has 1 aromatic carbocycles. The minimum absolute atomic E-state index is 0.0563. The average Bonchev–Trinajstić information content (AvgIpc) is 2.72. The van der Waals surface area contributed by atoms with Gasteiger partial charge in [-0.15, -0.1) is 0 Å². The number of fused-ring (bicyclic) bond motifs is 1. The van der Waals surface area contributed by atoms with Gasteiger partial charge in [-0.25, -0.2) is 4.79 Å². The first-order chi connectivity index (χ1) is 13.8. The zero-order valence-corrected chi connectivity index (χ0v) is 15.1. The smallest absolute Gasteiger partial charge is 0.335 e. The molecule has 1 aromatic rings. The lowest BCUT2D eigenvalue weighted by molar-refractivity contribution is -0.385. The highest BCUT2D eigenvalue weighted by molar-refractivity contribution is 5.88. The van der Waals surface area contributed by atoms with Crippen molar-refractivity contribution < 1.29 is 14.8 Å². The molecule has 9 nitrogen and oxygen atoms in total. The van der Waals surface area contributed by atoms with Crippen LogP contribution in [0.15, 0.2) is 41.1 Å². The third kappa shape index (κ3) is 2.79. The predicted octanol–water partition coefficient (Wildman–Crippen LogP) is 2.89. The van der Waals surface area contributed by atoms with Gasteiger partial charge in [-0.05, 0) is 36.8 Å². The minimum atomic E-state index is -1.99. The fourth-order valence-electron chi connectivity index (χ4n) is 4.31. The van der Waals surface area contributed by atoms with Crippen molar-refractivity contribution in [3.63, 3.8) is 0 Å². The van der Waals surface area contributed by atoms with E-state index in [0.29, 0.717) is 18.4 Å². The largest absolute Gasteiger partial charge is 0.478 e. The van der Waals surface area contributed by atoms with Gasteiger partial charge >= 0.3 is 5.97 Å². The molecule has 144 valence electrons. The molecule has 9 heteroatoms. The standard InChI is InChI=1S/C20H15N5O4/c21-8-15-12-3-1-2-4-13(12)17(20(9-22,10-23)18(15)24)14-6-5-11(19(26)27)7-16(14)25(28)29/h3,5-7,13,17H,1-2,4,24H2,(H,26,27). The van der Waals surface area contributed by atoms with Gasteiger partial charge in [-0.2, -0.15) is 15.8 Å². The van der Waals surface area contributed by atoms with E-state index in [1.807, 2.05) is 24.3 Å². The first-order valence-corrected chi connectivity index (χ1v) is 8.77. The van der Waals surface area contributed by atoms with E-state index in [2.05, 4.69) is 0 Å². The molecule has 0 saturated carbocycles. The summed E-state index contributed by atoms with van der Waals surface area (Å²) in [6, 6.07) is 9.19. The molecule has 0 bridgehead atoms. The Labute approximate surface area is 165 Å². The van der Waals surface area contributed by atoms with Gasteiger partial charge in [0.05, 0.1) is 33.9 Å². The summed E-state index contributed by atoms with van der Waals surface area (Å²) in [5.41, 5.74) is 3.85. The van der Waals surface area contributed by atoms with Crippen LogP contribution in [0.1, 0.15) is 41.1 Å². The fourth-order valence-corrected chi connectivity index (χ4v) is 4.31. The minimum Gasteiger partial charge on any atom is -0.478 e. The molecule has 0 amide bonds. The number of nitro benzene ring substituents is 1. The normalized spacial score (nSPS) is 22.3. The zero-order chi connectivity index (χ0) is 21.3. The van der Waals surface area contributed by atoms with Crippen LogP contribution in [0.2, 0.25) is 0 Å². The van der Waals surface area contributed by atoms with Crippen LogP contribution in [-0.2, 0) is 0 Å². The second-order valence-electron chi connectivity index (χ2n) is 6.94. The molecule has 2 atom stereocenters. The monoisotopic (exact) mass is 389 g/mol. The molecular formula is C20H15N5O4. The van der Waals surface area contributed by atoms with Gasteiger partial charge in [-0.1, -0.05) is 12.1 Å². The van der Waals surface area contributed by atoms with Gasteiger partial charge in [0.2, 0.25) is 0 Å². The summed E-state index contributed by atoms with van der Waals surface area (Å²) in [5.74, 6) is -2.84. The highest BCUT2D eigenvalue weighted by Gasteiger charge is 2.55. The maximum atomic E-state index is 11.7. The van der Waals surface area contributed by atoms with E-state index in [1.165, 1.54) is 12.1 Å². The van der Waals surface area contributed by atoms with Crippen LogP contribution in [-0.4, -0.2) is 16.0 Å². The number of aromatic carboxylic acids is 1. The number of hydrogen-bond acceptors (Lipinski definition) is 7. The van der Waals surface area contributed by atoms with E-state index < -0.39 is 33.8 Å². The number of carboxylic acid groups (broad SMARTS) is 1. The maximum Gasteiger partial charge on any atom is 0.335 e. The van der Waals surface area contributed by atoms with E-state index in [4.69, 9.17) is 5.73 Å². The number of nitrogens with two attached hydrogens (primary N) is 1. The number of hydrogen-bond donors (Lipinski definition) is 2. The first-order valence-electron chi connectivity index (χ1n) is 8.77. The average molecular weight is 389 g/mol. The Balaban J connectivity index is 2.39. The van der Waals surface area contributed by atoms with Crippen molar-refractivity contribution in [1.29, 1.82) is 15.8 Å². The lowest BCUT2D eigenvalue weighted by Crippen LogP contribution is -2.42. The molecule has 0 aliphatic heterocycles. The molecule has 3 N–H and O–H groups in total. The van der Waals surface area contributed by atoms with Gasteiger partial charge in [0.25, 0.3) is 5.69 Å². The molecule has 3 rings (SSSR count). The van der Waals surface area contributed by atoms with Crippen molar-refractivity contribution >= 4 is 11.7 Å². The molecule has 29 heavy (non-hydrogen) atoms. The van der Waals surface area contributed by atoms with Crippen LogP contribution < -0.4 is 5.73 Å². The zero-order valence-electron chi connectivity index (χ0n) is 15.1. The molecule has 0 aromatic heterocycles. The van der Waals surface area contributed by atoms with Crippen molar-refractivity contribution in [3.8, 4) is 18.2 Å². The Morgan fingerprint density at radius 3 is 2.55 bits per heavy atom. The highest BCUT2D eigenvalue weighted by atomic mass is 16.6. The van der Waals surface area contributed by atoms with Crippen molar-refractivity contribution in [3.05, 3.63) is 62.4 Å². The molecule has 2 unspecified atom stereocenters. The van der Waals surface area contributed by atoms with Gasteiger partial charge in [0.15, 0.2) is 5.41 Å². The Hall–Kier alpha value is -4.16. The van der Waals surface area contributed by atoms with Crippen LogP contribution in [0.5, 0.6) is 0 Å². The van der Waals surface area contributed by atoms with Crippen LogP contribution in [0.25, 0.3) is 0 Å². The molecular weight excluding hydrogens is 374 g/mol. The molecule has 2 aliphatic carbocycles. The van der Waals surface area contributed by atoms with E-state index >= 15 is 0 Å². The summed E-state index contributed by atoms with van der Waals surface area (Å²) < 4.78 is 0. The molecule has 0 heterocycles. The van der Waals surface area contributed by atoms with Crippen molar-refractivity contribution in [2.24, 2.45) is 17.1 Å². The Bertz CT molecular complexity index is 1100. The number of benzene rings is 1. The number of carboxylic acids is 1. The summed E-state index contributed by atoms with van der Waals surface area (Å²) in [5, 5.41) is 50.4. The second kappa shape index (κ2) is 7.10. The maximum absolute atomic E-state index is 11.7. The van der Waals surface area contributed by atoms with Gasteiger partial charge in [0.1, 0.15) is 6.07 Å². The quantitative estimate of drug-likeness (QED) is 0.585.